The molecule has 2 bridgehead atoms. The number of fused-ring (bicyclic) bond motifs is 2. The fourth-order valence-electron chi connectivity index (χ4n) is 3.73. The zero-order chi connectivity index (χ0) is 13.4. The highest BCUT2D eigenvalue weighted by molar-refractivity contribution is 7.09. The molecule has 5 heteroatoms. The molecular formula is C14H17NO3S. The molecule has 3 rings (SSSR count). The van der Waals surface area contributed by atoms with Gasteiger partial charge in [-0.1, -0.05) is 6.07 Å². The summed E-state index contributed by atoms with van der Waals surface area (Å²) in [6.45, 7) is 0.511. The van der Waals surface area contributed by atoms with Gasteiger partial charge in [-0.3, -0.25) is 9.59 Å². The molecule has 2 aliphatic carbocycles. The number of hydrogen-bond acceptors (Lipinski definition) is 3. The summed E-state index contributed by atoms with van der Waals surface area (Å²) in [5, 5.41) is 14.2. The summed E-state index contributed by atoms with van der Waals surface area (Å²) in [7, 11) is 0. The Kier molecular flexibility index (Phi) is 3.31. The first-order chi connectivity index (χ1) is 9.16. The van der Waals surface area contributed by atoms with Crippen LogP contribution in [0.2, 0.25) is 0 Å². The normalized spacial score (nSPS) is 32.4. The van der Waals surface area contributed by atoms with Crippen LogP contribution in [0.4, 0.5) is 0 Å². The van der Waals surface area contributed by atoms with E-state index in [1.165, 1.54) is 0 Å². The molecule has 0 spiro atoms. The van der Waals surface area contributed by atoms with Crippen LogP contribution in [0, 0.1) is 23.7 Å². The molecule has 0 aromatic carbocycles. The van der Waals surface area contributed by atoms with Gasteiger partial charge in [-0.15, -0.1) is 11.3 Å². The number of rotatable bonds is 4. The largest absolute Gasteiger partial charge is 0.481 e. The number of carbonyl (C=O) groups excluding carboxylic acids is 1. The lowest BCUT2D eigenvalue weighted by molar-refractivity contribution is -0.149. The van der Waals surface area contributed by atoms with Crippen LogP contribution in [-0.2, 0) is 16.1 Å². The molecule has 1 aromatic rings. The van der Waals surface area contributed by atoms with Gasteiger partial charge in [0, 0.05) is 4.88 Å². The number of carbonyl (C=O) groups is 2. The van der Waals surface area contributed by atoms with E-state index < -0.39 is 11.9 Å². The Balaban J connectivity index is 1.66. The molecule has 4 atom stereocenters. The smallest absolute Gasteiger partial charge is 0.307 e. The van der Waals surface area contributed by atoms with Gasteiger partial charge in [0.1, 0.15) is 0 Å². The van der Waals surface area contributed by atoms with Crippen LogP contribution in [0.25, 0.3) is 0 Å². The van der Waals surface area contributed by atoms with Crippen molar-refractivity contribution in [2.45, 2.75) is 25.8 Å². The maximum Gasteiger partial charge on any atom is 0.307 e. The lowest BCUT2D eigenvalue weighted by Gasteiger charge is -2.26. The van der Waals surface area contributed by atoms with Gasteiger partial charge >= 0.3 is 5.97 Å². The first kappa shape index (κ1) is 12.7. The molecule has 0 saturated heterocycles. The second kappa shape index (κ2) is 4.96. The van der Waals surface area contributed by atoms with Crippen LogP contribution in [0.5, 0.6) is 0 Å². The highest BCUT2D eigenvalue weighted by Gasteiger charge is 2.53. The van der Waals surface area contributed by atoms with Gasteiger partial charge in [0.2, 0.25) is 5.91 Å². The Morgan fingerprint density at radius 3 is 2.68 bits per heavy atom. The quantitative estimate of drug-likeness (QED) is 0.887. The van der Waals surface area contributed by atoms with Crippen molar-refractivity contribution in [2.24, 2.45) is 23.7 Å². The minimum Gasteiger partial charge on any atom is -0.481 e. The van der Waals surface area contributed by atoms with E-state index in [1.807, 2.05) is 17.5 Å². The standard InChI is InChI=1S/C14H17NO3S/c16-13(15-7-10-2-1-5-19-10)11-8-3-4-9(6-8)12(11)14(17)18/h1-2,5,8-9,11-12H,3-4,6-7H2,(H,15,16)(H,17,18)/t8-,9-,11-,12+/m0/s1. The van der Waals surface area contributed by atoms with Gasteiger partial charge in [0.15, 0.2) is 0 Å². The fraction of sp³-hybridized carbons (Fsp3) is 0.571. The van der Waals surface area contributed by atoms with Gasteiger partial charge < -0.3 is 10.4 Å². The van der Waals surface area contributed by atoms with E-state index in [0.717, 1.165) is 24.1 Å². The maximum absolute atomic E-state index is 12.3. The molecular weight excluding hydrogens is 262 g/mol. The van der Waals surface area contributed by atoms with Crippen molar-refractivity contribution in [3.63, 3.8) is 0 Å². The molecule has 1 heterocycles. The lowest BCUT2D eigenvalue weighted by Crippen LogP contribution is -2.40. The van der Waals surface area contributed by atoms with Crippen molar-refractivity contribution in [3.8, 4) is 0 Å². The highest BCUT2D eigenvalue weighted by Crippen LogP contribution is 2.52. The molecule has 2 aliphatic rings. The second-order valence-electron chi connectivity index (χ2n) is 5.52. The Morgan fingerprint density at radius 1 is 1.32 bits per heavy atom. The summed E-state index contributed by atoms with van der Waals surface area (Å²) >= 11 is 1.60. The van der Waals surface area contributed by atoms with Gasteiger partial charge in [-0.25, -0.2) is 0 Å². The average molecular weight is 279 g/mol. The van der Waals surface area contributed by atoms with Crippen molar-refractivity contribution < 1.29 is 14.7 Å². The maximum atomic E-state index is 12.3. The predicted octanol–water partition coefficient (Wildman–Crippen LogP) is 2.11. The zero-order valence-electron chi connectivity index (χ0n) is 10.5. The Labute approximate surface area is 115 Å². The summed E-state index contributed by atoms with van der Waals surface area (Å²) in [6.07, 6.45) is 2.88. The third kappa shape index (κ3) is 2.27. The molecule has 102 valence electrons. The van der Waals surface area contributed by atoms with E-state index in [2.05, 4.69) is 5.32 Å². The number of thiophene rings is 1. The van der Waals surface area contributed by atoms with Gasteiger partial charge in [-0.2, -0.15) is 0 Å². The van der Waals surface area contributed by atoms with Crippen molar-refractivity contribution >= 4 is 23.2 Å². The summed E-state index contributed by atoms with van der Waals surface area (Å²) in [4.78, 5) is 24.7. The molecule has 0 aliphatic heterocycles. The molecule has 0 radical (unpaired) electrons. The first-order valence-electron chi connectivity index (χ1n) is 6.69. The molecule has 2 fully saturated rings. The highest BCUT2D eigenvalue weighted by atomic mass is 32.1. The zero-order valence-corrected chi connectivity index (χ0v) is 11.4. The van der Waals surface area contributed by atoms with Crippen LogP contribution < -0.4 is 5.32 Å². The number of hydrogen-bond donors (Lipinski definition) is 2. The van der Waals surface area contributed by atoms with Crippen molar-refractivity contribution in [3.05, 3.63) is 22.4 Å². The Morgan fingerprint density at radius 2 is 2.05 bits per heavy atom. The summed E-state index contributed by atoms with van der Waals surface area (Å²) in [5.74, 6) is -1.19. The van der Waals surface area contributed by atoms with Crippen molar-refractivity contribution in [1.82, 2.24) is 5.32 Å². The lowest BCUT2D eigenvalue weighted by atomic mass is 9.79. The van der Waals surface area contributed by atoms with Crippen LogP contribution in [0.1, 0.15) is 24.1 Å². The molecule has 2 saturated carbocycles. The third-order valence-electron chi connectivity index (χ3n) is 4.52. The summed E-state index contributed by atoms with van der Waals surface area (Å²) in [5.41, 5.74) is 0. The van der Waals surface area contributed by atoms with Crippen molar-refractivity contribution in [1.29, 1.82) is 0 Å². The Bertz CT molecular complexity index is 485. The number of nitrogens with one attached hydrogen (secondary N) is 1. The molecule has 2 N–H and O–H groups in total. The molecule has 0 unspecified atom stereocenters. The number of carboxylic acids is 1. The molecule has 1 aromatic heterocycles. The van der Waals surface area contributed by atoms with Crippen LogP contribution >= 0.6 is 11.3 Å². The van der Waals surface area contributed by atoms with E-state index in [9.17, 15) is 14.7 Å². The van der Waals surface area contributed by atoms with E-state index in [1.54, 1.807) is 11.3 Å². The van der Waals surface area contributed by atoms with Crippen molar-refractivity contribution in [2.75, 3.05) is 0 Å². The second-order valence-corrected chi connectivity index (χ2v) is 6.55. The van der Waals surface area contributed by atoms with E-state index in [4.69, 9.17) is 0 Å². The minimum absolute atomic E-state index is 0.0759. The van der Waals surface area contributed by atoms with E-state index in [0.29, 0.717) is 6.54 Å². The minimum atomic E-state index is -0.802. The monoisotopic (exact) mass is 279 g/mol. The van der Waals surface area contributed by atoms with Gasteiger partial charge in [0.25, 0.3) is 0 Å². The topological polar surface area (TPSA) is 66.4 Å². The first-order valence-corrected chi connectivity index (χ1v) is 7.57. The predicted molar refractivity (Wildman–Crippen MR) is 71.6 cm³/mol. The van der Waals surface area contributed by atoms with Crippen LogP contribution in [0.15, 0.2) is 17.5 Å². The number of carboxylic acid groups (broad SMARTS) is 1. The third-order valence-corrected chi connectivity index (χ3v) is 5.40. The van der Waals surface area contributed by atoms with Crippen LogP contribution in [-0.4, -0.2) is 17.0 Å². The number of amides is 1. The number of aliphatic carboxylic acids is 1. The molecule has 19 heavy (non-hydrogen) atoms. The average Bonchev–Trinajstić information content (AvgIpc) is 3.10. The molecule has 4 nitrogen and oxygen atoms in total. The van der Waals surface area contributed by atoms with Gasteiger partial charge in [-0.05, 0) is 42.5 Å². The van der Waals surface area contributed by atoms with Gasteiger partial charge in [0.05, 0.1) is 18.4 Å². The fourth-order valence-corrected chi connectivity index (χ4v) is 4.37. The Hall–Kier alpha value is -1.36. The van der Waals surface area contributed by atoms with E-state index in [-0.39, 0.29) is 23.7 Å². The summed E-state index contributed by atoms with van der Waals surface area (Å²) < 4.78 is 0. The molecule has 1 amide bonds. The summed E-state index contributed by atoms with van der Waals surface area (Å²) in [6, 6.07) is 3.92. The SMILES string of the molecule is O=C(O)[C@@H]1[C@H]2CC[C@@H](C2)[C@@H]1C(=O)NCc1cccs1. The van der Waals surface area contributed by atoms with Crippen LogP contribution in [0.3, 0.4) is 0 Å². The van der Waals surface area contributed by atoms with E-state index >= 15 is 0 Å².